The van der Waals surface area contributed by atoms with Crippen molar-refractivity contribution >= 4 is 5.82 Å². The van der Waals surface area contributed by atoms with Crippen LogP contribution in [0.3, 0.4) is 0 Å². The van der Waals surface area contributed by atoms with Crippen LogP contribution in [-0.4, -0.2) is 4.98 Å². The number of aryl methyl sites for hydroxylation is 1. The topological polar surface area (TPSA) is 37.6 Å². The Kier molecular flexibility index (Phi) is 1.03. The smallest absolute Gasteiger partial charge is 0.179 e. The van der Waals surface area contributed by atoms with Crippen LogP contribution < -0.4 is 0 Å². The minimum atomic E-state index is 0.698. The SMILES string of the molecule is Cc1cnc2c(c1)CN=N2. The van der Waals surface area contributed by atoms with Crippen LogP contribution in [0, 0.1) is 6.92 Å². The van der Waals surface area contributed by atoms with E-state index < -0.39 is 0 Å². The highest BCUT2D eigenvalue weighted by Crippen LogP contribution is 2.23. The first-order chi connectivity index (χ1) is 4.86. The van der Waals surface area contributed by atoms with Gasteiger partial charge in [0.2, 0.25) is 0 Å². The van der Waals surface area contributed by atoms with Crippen molar-refractivity contribution in [3.8, 4) is 0 Å². The molecule has 0 bridgehead atoms. The molecule has 1 aromatic rings. The zero-order chi connectivity index (χ0) is 6.97. The summed E-state index contributed by atoms with van der Waals surface area (Å²) in [5.41, 5.74) is 2.31. The molecule has 0 aliphatic carbocycles. The quantitative estimate of drug-likeness (QED) is 0.533. The third kappa shape index (κ3) is 0.708. The predicted molar refractivity (Wildman–Crippen MR) is 37.2 cm³/mol. The molecule has 0 saturated heterocycles. The molecule has 0 unspecified atom stereocenters. The van der Waals surface area contributed by atoms with Crippen molar-refractivity contribution in [2.45, 2.75) is 13.5 Å². The maximum absolute atomic E-state index is 4.10. The van der Waals surface area contributed by atoms with Gasteiger partial charge in [-0.25, -0.2) is 4.98 Å². The number of azo groups is 1. The molecule has 0 saturated carbocycles. The fourth-order valence-corrected chi connectivity index (χ4v) is 1.01. The molecule has 1 aliphatic rings. The lowest BCUT2D eigenvalue weighted by atomic mass is 10.2. The Hall–Kier alpha value is -1.25. The van der Waals surface area contributed by atoms with Gasteiger partial charge in [-0.15, -0.1) is 5.11 Å². The van der Waals surface area contributed by atoms with E-state index in [2.05, 4.69) is 21.3 Å². The first kappa shape index (κ1) is 5.53. The van der Waals surface area contributed by atoms with Crippen LogP contribution in [-0.2, 0) is 6.54 Å². The molecule has 2 heterocycles. The summed E-state index contributed by atoms with van der Waals surface area (Å²) < 4.78 is 0. The van der Waals surface area contributed by atoms with Gasteiger partial charge in [-0.1, -0.05) is 0 Å². The van der Waals surface area contributed by atoms with E-state index in [4.69, 9.17) is 0 Å². The van der Waals surface area contributed by atoms with Gasteiger partial charge in [0.1, 0.15) is 0 Å². The third-order valence-electron chi connectivity index (χ3n) is 1.49. The van der Waals surface area contributed by atoms with E-state index in [1.54, 1.807) is 0 Å². The molecule has 0 amide bonds. The summed E-state index contributed by atoms with van der Waals surface area (Å²) in [5.74, 6) is 0.783. The summed E-state index contributed by atoms with van der Waals surface area (Å²) in [4.78, 5) is 4.10. The standard InChI is InChI=1S/C7H7N3/c1-5-2-6-4-9-10-7(6)8-3-5/h2-3H,4H2,1H3. The highest BCUT2D eigenvalue weighted by Gasteiger charge is 2.07. The maximum Gasteiger partial charge on any atom is 0.179 e. The lowest BCUT2D eigenvalue weighted by Gasteiger charge is -1.93. The molecule has 3 heteroatoms. The van der Waals surface area contributed by atoms with Crippen LogP contribution in [0.25, 0.3) is 0 Å². The number of hydrogen-bond acceptors (Lipinski definition) is 3. The van der Waals surface area contributed by atoms with Crippen LogP contribution in [0.5, 0.6) is 0 Å². The van der Waals surface area contributed by atoms with E-state index in [9.17, 15) is 0 Å². The summed E-state index contributed by atoms with van der Waals surface area (Å²) in [6.07, 6.45) is 1.81. The maximum atomic E-state index is 4.10. The molecule has 10 heavy (non-hydrogen) atoms. The Morgan fingerprint density at radius 2 is 2.40 bits per heavy atom. The van der Waals surface area contributed by atoms with Crippen LogP contribution >= 0.6 is 0 Å². The average molecular weight is 133 g/mol. The Balaban J connectivity index is 2.59. The van der Waals surface area contributed by atoms with E-state index in [-0.39, 0.29) is 0 Å². The van der Waals surface area contributed by atoms with Gasteiger partial charge in [0.05, 0.1) is 6.54 Å². The predicted octanol–water partition coefficient (Wildman–Crippen LogP) is 1.99. The number of nitrogens with zero attached hydrogens (tertiary/aromatic N) is 3. The molecule has 0 spiro atoms. The first-order valence-electron chi connectivity index (χ1n) is 3.19. The first-order valence-corrected chi connectivity index (χ1v) is 3.19. The number of aromatic nitrogens is 1. The molecule has 0 fully saturated rings. The van der Waals surface area contributed by atoms with Crippen molar-refractivity contribution in [2.75, 3.05) is 0 Å². The normalized spacial score (nSPS) is 13.7. The Bertz CT molecular complexity index is 291. The van der Waals surface area contributed by atoms with Crippen molar-refractivity contribution < 1.29 is 0 Å². The summed E-state index contributed by atoms with van der Waals surface area (Å²) in [6, 6.07) is 2.07. The zero-order valence-electron chi connectivity index (χ0n) is 5.70. The Morgan fingerprint density at radius 3 is 3.30 bits per heavy atom. The largest absolute Gasteiger partial charge is 0.235 e. The fraction of sp³-hybridized carbons (Fsp3) is 0.286. The molecule has 50 valence electrons. The molecular formula is C7H7N3. The Labute approximate surface area is 58.8 Å². The van der Waals surface area contributed by atoms with Gasteiger partial charge >= 0.3 is 0 Å². The minimum absolute atomic E-state index is 0.698. The van der Waals surface area contributed by atoms with Gasteiger partial charge in [-0.2, -0.15) is 5.11 Å². The number of pyridine rings is 1. The van der Waals surface area contributed by atoms with Crippen LogP contribution in [0.1, 0.15) is 11.1 Å². The van der Waals surface area contributed by atoms with Crippen LogP contribution in [0.2, 0.25) is 0 Å². The van der Waals surface area contributed by atoms with E-state index in [1.165, 1.54) is 5.56 Å². The zero-order valence-corrected chi connectivity index (χ0v) is 5.70. The van der Waals surface area contributed by atoms with E-state index >= 15 is 0 Å². The van der Waals surface area contributed by atoms with Crippen molar-refractivity contribution in [1.82, 2.24) is 4.98 Å². The number of hydrogen-bond donors (Lipinski definition) is 0. The summed E-state index contributed by atoms with van der Waals surface area (Å²) in [5, 5.41) is 7.71. The van der Waals surface area contributed by atoms with Gasteiger partial charge in [0.15, 0.2) is 5.82 Å². The molecular weight excluding hydrogens is 126 g/mol. The molecule has 1 aliphatic heterocycles. The van der Waals surface area contributed by atoms with Gasteiger partial charge in [0.25, 0.3) is 0 Å². The summed E-state index contributed by atoms with van der Waals surface area (Å²) in [7, 11) is 0. The molecule has 0 radical (unpaired) electrons. The lowest BCUT2D eigenvalue weighted by molar-refractivity contribution is 1.04. The van der Waals surface area contributed by atoms with E-state index in [0.717, 1.165) is 11.4 Å². The molecule has 2 rings (SSSR count). The molecule has 0 aromatic carbocycles. The molecule has 0 atom stereocenters. The van der Waals surface area contributed by atoms with Gasteiger partial charge < -0.3 is 0 Å². The second-order valence-electron chi connectivity index (χ2n) is 2.39. The minimum Gasteiger partial charge on any atom is -0.235 e. The van der Waals surface area contributed by atoms with Crippen LogP contribution in [0.15, 0.2) is 22.5 Å². The highest BCUT2D eigenvalue weighted by atomic mass is 15.2. The number of fused-ring (bicyclic) bond motifs is 1. The van der Waals surface area contributed by atoms with Gasteiger partial charge in [-0.05, 0) is 18.6 Å². The molecule has 3 nitrogen and oxygen atoms in total. The summed E-state index contributed by atoms with van der Waals surface area (Å²) in [6.45, 7) is 2.72. The average Bonchev–Trinajstić information content (AvgIpc) is 2.33. The second-order valence-corrected chi connectivity index (χ2v) is 2.39. The molecule has 0 N–H and O–H groups in total. The van der Waals surface area contributed by atoms with Gasteiger partial charge in [-0.3, -0.25) is 0 Å². The third-order valence-corrected chi connectivity index (χ3v) is 1.49. The summed E-state index contributed by atoms with van der Waals surface area (Å²) >= 11 is 0. The Morgan fingerprint density at radius 1 is 1.50 bits per heavy atom. The van der Waals surface area contributed by atoms with Crippen molar-refractivity contribution in [1.29, 1.82) is 0 Å². The van der Waals surface area contributed by atoms with Crippen molar-refractivity contribution in [2.24, 2.45) is 10.2 Å². The lowest BCUT2D eigenvalue weighted by Crippen LogP contribution is -1.81. The van der Waals surface area contributed by atoms with Crippen molar-refractivity contribution in [3.05, 3.63) is 23.4 Å². The second kappa shape index (κ2) is 1.87. The van der Waals surface area contributed by atoms with E-state index in [0.29, 0.717) is 6.54 Å². The monoisotopic (exact) mass is 133 g/mol. The number of rotatable bonds is 0. The fourth-order valence-electron chi connectivity index (χ4n) is 1.01. The molecule has 1 aromatic heterocycles. The highest BCUT2D eigenvalue weighted by molar-refractivity contribution is 5.41. The van der Waals surface area contributed by atoms with E-state index in [1.807, 2.05) is 13.1 Å². The van der Waals surface area contributed by atoms with Crippen molar-refractivity contribution in [3.63, 3.8) is 0 Å². The van der Waals surface area contributed by atoms with Gasteiger partial charge in [0, 0.05) is 11.8 Å². The van der Waals surface area contributed by atoms with Crippen LogP contribution in [0.4, 0.5) is 5.82 Å².